The fourth-order valence-corrected chi connectivity index (χ4v) is 3.72. The summed E-state index contributed by atoms with van der Waals surface area (Å²) in [6.07, 6.45) is 0.458. The average molecular weight is 377 g/mol. The van der Waals surface area contributed by atoms with Crippen molar-refractivity contribution in [1.82, 2.24) is 4.90 Å². The minimum atomic E-state index is -0.982. The minimum absolute atomic E-state index is 0.167. The monoisotopic (exact) mass is 375 g/mol. The first-order valence-electron chi connectivity index (χ1n) is 7.65. The zero-order valence-corrected chi connectivity index (χ0v) is 15.5. The predicted molar refractivity (Wildman–Crippen MR) is 97.0 cm³/mol. The molecule has 1 N–H and O–H groups in total. The topological polar surface area (TPSA) is 35.6 Å². The Morgan fingerprint density at radius 2 is 1.83 bits per heavy atom. The zero-order chi connectivity index (χ0) is 16.8. The van der Waals surface area contributed by atoms with Gasteiger partial charge in [-0.25, -0.2) is 0 Å². The van der Waals surface area contributed by atoms with Crippen molar-refractivity contribution in [3.63, 3.8) is 0 Å². The zero-order valence-electron chi connectivity index (χ0n) is 13.2. The number of carbonyl (C=O) groups is 1. The molecule has 7 heteroatoms. The van der Waals surface area contributed by atoms with Crippen LogP contribution >= 0.6 is 34.8 Å². The van der Waals surface area contributed by atoms with Gasteiger partial charge in [-0.3, -0.25) is 4.79 Å². The summed E-state index contributed by atoms with van der Waals surface area (Å²) in [5.41, 5.74) is 0.941. The average Bonchev–Trinajstić information content (AvgIpc) is 3.00. The molecule has 3 rings (SSSR count). The van der Waals surface area contributed by atoms with Crippen LogP contribution in [0.3, 0.4) is 0 Å². The van der Waals surface area contributed by atoms with E-state index in [1.807, 2.05) is 12.1 Å². The summed E-state index contributed by atoms with van der Waals surface area (Å²) in [6, 6.07) is 5.58. The van der Waals surface area contributed by atoms with Gasteiger partial charge >= 0.3 is 0 Å². The van der Waals surface area contributed by atoms with Crippen molar-refractivity contribution in [2.75, 3.05) is 43.4 Å². The molecule has 2 fully saturated rings. The third-order valence-corrected chi connectivity index (χ3v) is 6.15. The summed E-state index contributed by atoms with van der Waals surface area (Å²) in [4.78, 5) is 17.1. The molecule has 1 saturated carbocycles. The Bertz CT molecular complexity index is 629. The smallest absolute Gasteiger partial charge is 0.233 e. The van der Waals surface area contributed by atoms with Gasteiger partial charge in [0.1, 0.15) is 4.33 Å². The highest BCUT2D eigenvalue weighted by atomic mass is 35.5. The molecule has 1 saturated heterocycles. The van der Waals surface area contributed by atoms with Crippen molar-refractivity contribution < 1.29 is 4.79 Å². The van der Waals surface area contributed by atoms with Crippen LogP contribution in [0.1, 0.15) is 13.3 Å². The minimum Gasteiger partial charge on any atom is -0.367 e. The van der Waals surface area contributed by atoms with Crippen LogP contribution in [0.5, 0.6) is 0 Å². The Balaban J connectivity index is 1.81. The molecule has 1 aliphatic heterocycles. The third kappa shape index (κ3) is 3.27. The SMILES string of the molecule is CN1CCN(c2ccc(Cl)cc2NC(=O)C2(C)CC2(Cl)Cl)CC1. The van der Waals surface area contributed by atoms with E-state index in [1.165, 1.54) is 0 Å². The molecule has 1 aromatic rings. The van der Waals surface area contributed by atoms with Crippen molar-refractivity contribution in [3.8, 4) is 0 Å². The molecule has 1 heterocycles. The van der Waals surface area contributed by atoms with E-state index in [0.717, 1.165) is 31.9 Å². The lowest BCUT2D eigenvalue weighted by molar-refractivity contribution is -0.120. The number of halogens is 3. The quantitative estimate of drug-likeness (QED) is 0.819. The molecule has 0 radical (unpaired) electrons. The van der Waals surface area contributed by atoms with E-state index in [1.54, 1.807) is 13.0 Å². The number of nitrogens with zero attached hydrogens (tertiary/aromatic N) is 2. The fraction of sp³-hybridized carbons (Fsp3) is 0.562. The summed E-state index contributed by atoms with van der Waals surface area (Å²) in [5, 5.41) is 3.56. The van der Waals surface area contributed by atoms with Gasteiger partial charge in [0.15, 0.2) is 0 Å². The molecule has 1 atom stereocenters. The van der Waals surface area contributed by atoms with E-state index in [0.29, 0.717) is 17.1 Å². The van der Waals surface area contributed by atoms with E-state index in [2.05, 4.69) is 22.2 Å². The van der Waals surface area contributed by atoms with Gasteiger partial charge in [-0.1, -0.05) is 11.6 Å². The van der Waals surface area contributed by atoms with E-state index < -0.39 is 9.75 Å². The highest BCUT2D eigenvalue weighted by Gasteiger charge is 2.67. The summed E-state index contributed by atoms with van der Waals surface area (Å²) < 4.78 is -0.982. The second-order valence-corrected chi connectivity index (χ2v) is 8.54. The lowest BCUT2D eigenvalue weighted by Crippen LogP contribution is -2.44. The van der Waals surface area contributed by atoms with Gasteiger partial charge in [-0.2, -0.15) is 0 Å². The normalized spacial score (nSPS) is 26.9. The molecule has 0 spiro atoms. The van der Waals surface area contributed by atoms with Crippen molar-refractivity contribution >= 4 is 52.1 Å². The number of nitrogens with one attached hydrogen (secondary N) is 1. The van der Waals surface area contributed by atoms with Crippen LogP contribution < -0.4 is 10.2 Å². The number of benzene rings is 1. The summed E-state index contributed by atoms with van der Waals surface area (Å²) in [6.45, 7) is 5.57. The Kier molecular flexibility index (Phi) is 4.47. The lowest BCUT2D eigenvalue weighted by atomic mass is 10.1. The lowest BCUT2D eigenvalue weighted by Gasteiger charge is -2.35. The predicted octanol–water partition coefficient (Wildman–Crippen LogP) is 3.61. The fourth-order valence-electron chi connectivity index (χ4n) is 2.84. The van der Waals surface area contributed by atoms with Gasteiger partial charge in [-0.05, 0) is 38.6 Å². The molecule has 0 bridgehead atoms. The number of likely N-dealkylation sites (N-methyl/N-ethyl adjacent to an activating group) is 1. The maximum Gasteiger partial charge on any atom is 0.233 e. The van der Waals surface area contributed by atoms with Gasteiger partial charge in [-0.15, -0.1) is 23.2 Å². The molecule has 1 aromatic carbocycles. The molecule has 23 heavy (non-hydrogen) atoms. The Hall–Kier alpha value is -0.680. The molecule has 0 aromatic heterocycles. The van der Waals surface area contributed by atoms with Gasteiger partial charge in [0.2, 0.25) is 5.91 Å². The van der Waals surface area contributed by atoms with Gasteiger partial charge in [0.05, 0.1) is 16.8 Å². The largest absolute Gasteiger partial charge is 0.367 e. The highest BCUT2D eigenvalue weighted by Crippen LogP contribution is 2.64. The van der Waals surface area contributed by atoms with Crippen LogP contribution in [0.2, 0.25) is 5.02 Å². The second-order valence-electron chi connectivity index (χ2n) is 6.62. The van der Waals surface area contributed by atoms with E-state index in [4.69, 9.17) is 34.8 Å². The number of piperazine rings is 1. The first kappa shape index (κ1) is 17.2. The van der Waals surface area contributed by atoms with Crippen LogP contribution in [0.4, 0.5) is 11.4 Å². The number of anilines is 2. The molecular formula is C16H20Cl3N3O. The second kappa shape index (κ2) is 5.99. The highest BCUT2D eigenvalue weighted by molar-refractivity contribution is 6.53. The van der Waals surface area contributed by atoms with Crippen LogP contribution in [-0.4, -0.2) is 48.4 Å². The number of alkyl halides is 2. The number of carbonyl (C=O) groups excluding carboxylic acids is 1. The maximum atomic E-state index is 12.6. The molecule has 126 valence electrons. The number of amides is 1. The van der Waals surface area contributed by atoms with Crippen molar-refractivity contribution in [3.05, 3.63) is 23.2 Å². The first-order chi connectivity index (χ1) is 10.7. The summed E-state index contributed by atoms with van der Waals surface area (Å²) in [5.74, 6) is -0.167. The van der Waals surface area contributed by atoms with E-state index in [9.17, 15) is 4.79 Å². The van der Waals surface area contributed by atoms with Gasteiger partial charge in [0, 0.05) is 31.2 Å². The van der Waals surface area contributed by atoms with Crippen LogP contribution in [0.15, 0.2) is 18.2 Å². The van der Waals surface area contributed by atoms with Crippen LogP contribution in [0.25, 0.3) is 0 Å². The maximum absolute atomic E-state index is 12.6. The van der Waals surface area contributed by atoms with Gasteiger partial charge < -0.3 is 15.1 Å². The number of hydrogen-bond donors (Lipinski definition) is 1. The molecule has 1 aliphatic carbocycles. The Morgan fingerprint density at radius 3 is 2.39 bits per heavy atom. The van der Waals surface area contributed by atoms with E-state index in [-0.39, 0.29) is 5.91 Å². The Labute approximate surface area is 151 Å². The molecule has 2 aliphatic rings. The van der Waals surface area contributed by atoms with Crippen LogP contribution in [-0.2, 0) is 4.79 Å². The molecule has 4 nitrogen and oxygen atoms in total. The molecule has 1 amide bonds. The van der Waals surface area contributed by atoms with Crippen molar-refractivity contribution in [2.45, 2.75) is 17.7 Å². The molecular weight excluding hydrogens is 357 g/mol. The standard InChI is InChI=1S/C16H20Cl3N3O/c1-15(10-16(15,18)19)14(23)20-12-9-11(17)3-4-13(12)22-7-5-21(2)6-8-22/h3-4,9H,5-8,10H2,1-2H3,(H,20,23). The van der Waals surface area contributed by atoms with Crippen molar-refractivity contribution in [1.29, 1.82) is 0 Å². The molecule has 1 unspecified atom stereocenters. The number of rotatable bonds is 3. The first-order valence-corrected chi connectivity index (χ1v) is 8.79. The van der Waals surface area contributed by atoms with Crippen molar-refractivity contribution in [2.24, 2.45) is 5.41 Å². The Morgan fingerprint density at radius 1 is 1.22 bits per heavy atom. The van der Waals surface area contributed by atoms with Gasteiger partial charge in [0.25, 0.3) is 0 Å². The summed E-state index contributed by atoms with van der Waals surface area (Å²) >= 11 is 18.3. The van der Waals surface area contributed by atoms with E-state index >= 15 is 0 Å². The summed E-state index contributed by atoms with van der Waals surface area (Å²) in [7, 11) is 2.11. The van der Waals surface area contributed by atoms with Crippen LogP contribution in [0, 0.1) is 5.41 Å². The third-order valence-electron chi connectivity index (χ3n) is 4.81. The number of hydrogen-bond acceptors (Lipinski definition) is 3.